The fourth-order valence-corrected chi connectivity index (χ4v) is 3.10. The summed E-state index contributed by atoms with van der Waals surface area (Å²) in [4.78, 5) is 14.6. The highest BCUT2D eigenvalue weighted by atomic mass is 79.9. The van der Waals surface area contributed by atoms with Gasteiger partial charge in [-0.05, 0) is 48.2 Å². The Bertz CT molecular complexity index is 453. The lowest BCUT2D eigenvalue weighted by Gasteiger charge is -2.24. The predicted octanol–water partition coefficient (Wildman–Crippen LogP) is 3.30. The van der Waals surface area contributed by atoms with Crippen LogP contribution in [0.15, 0.2) is 16.7 Å². The molecule has 0 N–H and O–H groups in total. The van der Waals surface area contributed by atoms with Crippen molar-refractivity contribution in [3.8, 4) is 0 Å². The number of carbonyl (C=O) groups is 1. The molecule has 1 aliphatic heterocycles. The van der Waals surface area contributed by atoms with Gasteiger partial charge in [0.05, 0.1) is 6.10 Å². The van der Waals surface area contributed by atoms with Gasteiger partial charge < -0.3 is 14.2 Å². The Kier molecular flexibility index (Phi) is 5.66. The van der Waals surface area contributed by atoms with Crippen LogP contribution in [0.3, 0.4) is 0 Å². The molecule has 1 saturated heterocycles. The van der Waals surface area contributed by atoms with E-state index in [1.54, 1.807) is 0 Å². The Morgan fingerprint density at radius 1 is 1.55 bits per heavy atom. The van der Waals surface area contributed by atoms with Crippen molar-refractivity contribution in [2.24, 2.45) is 0 Å². The molecule has 0 saturated carbocycles. The molecule has 5 heteroatoms. The van der Waals surface area contributed by atoms with Crippen LogP contribution in [0.1, 0.15) is 43.6 Å². The van der Waals surface area contributed by atoms with Crippen LogP contribution in [-0.2, 0) is 11.3 Å². The predicted molar refractivity (Wildman–Crippen MR) is 83.0 cm³/mol. The minimum Gasteiger partial charge on any atom is -0.376 e. The van der Waals surface area contributed by atoms with Gasteiger partial charge in [0.2, 0.25) is 0 Å². The lowest BCUT2D eigenvalue weighted by molar-refractivity contribution is 0.0531. The van der Waals surface area contributed by atoms with Crippen molar-refractivity contribution in [3.63, 3.8) is 0 Å². The largest absolute Gasteiger partial charge is 0.376 e. The molecule has 1 aliphatic rings. The average molecular weight is 343 g/mol. The van der Waals surface area contributed by atoms with Crippen molar-refractivity contribution in [1.29, 1.82) is 0 Å². The lowest BCUT2D eigenvalue weighted by atomic mass is 10.2. The molecular formula is C15H23BrN2O2. The average Bonchev–Trinajstić information content (AvgIpc) is 3.05. The van der Waals surface area contributed by atoms with E-state index >= 15 is 0 Å². The zero-order valence-electron chi connectivity index (χ0n) is 12.3. The summed E-state index contributed by atoms with van der Waals surface area (Å²) in [7, 11) is 0. The van der Waals surface area contributed by atoms with Gasteiger partial charge in [0.1, 0.15) is 5.69 Å². The molecule has 1 atom stereocenters. The van der Waals surface area contributed by atoms with E-state index in [1.165, 1.54) is 0 Å². The van der Waals surface area contributed by atoms with Gasteiger partial charge in [-0.1, -0.05) is 6.92 Å². The normalized spacial score (nSPS) is 18.4. The SMILES string of the molecule is CCCn1cc(Br)cc1C(=O)N(CC)CC1CCCO1. The molecule has 2 heterocycles. The first kappa shape index (κ1) is 15.6. The van der Waals surface area contributed by atoms with Crippen LogP contribution in [0.2, 0.25) is 0 Å². The molecule has 0 radical (unpaired) electrons. The van der Waals surface area contributed by atoms with Gasteiger partial charge in [-0.15, -0.1) is 0 Å². The van der Waals surface area contributed by atoms with E-state index in [4.69, 9.17) is 4.74 Å². The summed E-state index contributed by atoms with van der Waals surface area (Å²) in [5.74, 6) is 0.0992. The van der Waals surface area contributed by atoms with Crippen LogP contribution in [-0.4, -0.2) is 41.2 Å². The van der Waals surface area contributed by atoms with E-state index in [0.717, 1.165) is 42.6 Å². The fourth-order valence-electron chi connectivity index (χ4n) is 2.63. The maximum Gasteiger partial charge on any atom is 0.270 e. The lowest BCUT2D eigenvalue weighted by Crippen LogP contribution is -2.38. The molecule has 4 nitrogen and oxygen atoms in total. The van der Waals surface area contributed by atoms with Gasteiger partial charge in [0.15, 0.2) is 0 Å². The highest BCUT2D eigenvalue weighted by Crippen LogP contribution is 2.19. The van der Waals surface area contributed by atoms with Crippen molar-refractivity contribution in [1.82, 2.24) is 9.47 Å². The minimum absolute atomic E-state index is 0.0992. The maximum absolute atomic E-state index is 12.7. The second-order valence-corrected chi connectivity index (χ2v) is 6.13. The Hall–Kier alpha value is -0.810. The molecule has 1 aromatic heterocycles. The number of likely N-dealkylation sites (N-methyl/N-ethyl adjacent to an activating group) is 1. The first-order chi connectivity index (χ1) is 9.65. The van der Waals surface area contributed by atoms with Crippen LogP contribution < -0.4 is 0 Å². The molecule has 1 unspecified atom stereocenters. The van der Waals surface area contributed by atoms with Crippen molar-refractivity contribution in [2.75, 3.05) is 19.7 Å². The van der Waals surface area contributed by atoms with Crippen LogP contribution in [0, 0.1) is 0 Å². The summed E-state index contributed by atoms with van der Waals surface area (Å²) in [6.07, 6.45) is 5.37. The van der Waals surface area contributed by atoms with E-state index in [9.17, 15) is 4.79 Å². The quantitative estimate of drug-likeness (QED) is 0.794. The molecule has 1 aromatic rings. The fraction of sp³-hybridized carbons (Fsp3) is 0.667. The standard InChI is InChI=1S/C15H23BrN2O2/c1-3-7-18-10-12(16)9-14(18)15(19)17(4-2)11-13-6-5-8-20-13/h9-10,13H,3-8,11H2,1-2H3. The van der Waals surface area contributed by atoms with E-state index in [-0.39, 0.29) is 12.0 Å². The molecule has 20 heavy (non-hydrogen) atoms. The third kappa shape index (κ3) is 3.64. The molecule has 2 rings (SSSR count). The monoisotopic (exact) mass is 342 g/mol. The molecular weight excluding hydrogens is 320 g/mol. The van der Waals surface area contributed by atoms with E-state index in [1.807, 2.05) is 28.7 Å². The van der Waals surface area contributed by atoms with E-state index < -0.39 is 0 Å². The Labute approximate surface area is 129 Å². The van der Waals surface area contributed by atoms with Crippen LogP contribution in [0.25, 0.3) is 0 Å². The first-order valence-electron chi connectivity index (χ1n) is 7.42. The van der Waals surface area contributed by atoms with Crippen molar-refractivity contribution < 1.29 is 9.53 Å². The zero-order valence-corrected chi connectivity index (χ0v) is 13.9. The van der Waals surface area contributed by atoms with Gasteiger partial charge in [0, 0.05) is 36.9 Å². The minimum atomic E-state index is 0.0992. The Balaban J connectivity index is 2.10. The summed E-state index contributed by atoms with van der Waals surface area (Å²) < 4.78 is 8.64. The number of hydrogen-bond acceptors (Lipinski definition) is 2. The van der Waals surface area contributed by atoms with E-state index in [0.29, 0.717) is 13.1 Å². The molecule has 0 aromatic carbocycles. The number of hydrogen-bond donors (Lipinski definition) is 0. The summed E-state index contributed by atoms with van der Waals surface area (Å²) in [5.41, 5.74) is 0.763. The Morgan fingerprint density at radius 2 is 2.35 bits per heavy atom. The number of rotatable bonds is 6. The number of halogens is 1. The van der Waals surface area contributed by atoms with Crippen LogP contribution in [0.5, 0.6) is 0 Å². The van der Waals surface area contributed by atoms with Gasteiger partial charge in [0.25, 0.3) is 5.91 Å². The summed E-state index contributed by atoms with van der Waals surface area (Å²) in [5, 5.41) is 0. The first-order valence-corrected chi connectivity index (χ1v) is 8.21. The smallest absolute Gasteiger partial charge is 0.270 e. The summed E-state index contributed by atoms with van der Waals surface area (Å²) >= 11 is 3.46. The number of carbonyl (C=O) groups excluding carboxylic acids is 1. The number of aryl methyl sites for hydroxylation is 1. The van der Waals surface area contributed by atoms with Crippen molar-refractivity contribution in [2.45, 2.75) is 45.8 Å². The van der Waals surface area contributed by atoms with Crippen molar-refractivity contribution >= 4 is 21.8 Å². The second kappa shape index (κ2) is 7.27. The van der Waals surface area contributed by atoms with Gasteiger partial charge in [-0.3, -0.25) is 4.79 Å². The topological polar surface area (TPSA) is 34.5 Å². The molecule has 0 spiro atoms. The van der Waals surface area contributed by atoms with Gasteiger partial charge in [-0.2, -0.15) is 0 Å². The van der Waals surface area contributed by atoms with E-state index in [2.05, 4.69) is 22.9 Å². The van der Waals surface area contributed by atoms with Gasteiger partial charge in [-0.25, -0.2) is 0 Å². The molecule has 0 aliphatic carbocycles. The van der Waals surface area contributed by atoms with Crippen molar-refractivity contribution in [3.05, 3.63) is 22.4 Å². The number of amides is 1. The third-order valence-electron chi connectivity index (χ3n) is 3.66. The van der Waals surface area contributed by atoms with Crippen LogP contribution in [0.4, 0.5) is 0 Å². The molecule has 1 fully saturated rings. The number of aromatic nitrogens is 1. The van der Waals surface area contributed by atoms with Crippen LogP contribution >= 0.6 is 15.9 Å². The molecule has 0 bridgehead atoms. The number of nitrogens with zero attached hydrogens (tertiary/aromatic N) is 2. The van der Waals surface area contributed by atoms with Gasteiger partial charge >= 0.3 is 0 Å². The zero-order chi connectivity index (χ0) is 14.5. The highest BCUT2D eigenvalue weighted by Gasteiger charge is 2.24. The maximum atomic E-state index is 12.7. The summed E-state index contributed by atoms with van der Waals surface area (Å²) in [6.45, 7) is 7.25. The Morgan fingerprint density at radius 3 is 2.95 bits per heavy atom. The second-order valence-electron chi connectivity index (χ2n) is 5.22. The number of ether oxygens (including phenoxy) is 1. The summed E-state index contributed by atoms with van der Waals surface area (Å²) in [6, 6.07) is 1.91. The molecule has 1 amide bonds. The molecule has 112 valence electrons. The highest BCUT2D eigenvalue weighted by molar-refractivity contribution is 9.10. The third-order valence-corrected chi connectivity index (χ3v) is 4.10.